The Morgan fingerprint density at radius 3 is 2.95 bits per heavy atom. The lowest BCUT2D eigenvalue weighted by Gasteiger charge is -2.26. The van der Waals surface area contributed by atoms with E-state index < -0.39 is 5.54 Å². The number of nitrogens with zero attached hydrogens (tertiary/aromatic N) is 2. The van der Waals surface area contributed by atoms with Gasteiger partial charge in [-0.2, -0.15) is 5.26 Å². The van der Waals surface area contributed by atoms with Gasteiger partial charge in [0, 0.05) is 23.1 Å². The molecule has 1 fully saturated rings. The van der Waals surface area contributed by atoms with Crippen LogP contribution in [0.3, 0.4) is 0 Å². The van der Waals surface area contributed by atoms with Crippen molar-refractivity contribution in [2.24, 2.45) is 0 Å². The van der Waals surface area contributed by atoms with E-state index in [1.807, 2.05) is 6.92 Å². The first-order valence-corrected chi connectivity index (χ1v) is 7.72. The van der Waals surface area contributed by atoms with E-state index in [0.29, 0.717) is 23.3 Å². The Balaban J connectivity index is 1.98. The maximum Gasteiger partial charge on any atom is 0.251 e. The lowest BCUT2D eigenvalue weighted by molar-refractivity contribution is 0.414. The average molecular weight is 292 g/mol. The first-order chi connectivity index (χ1) is 9.40. The van der Waals surface area contributed by atoms with E-state index >= 15 is 0 Å². The van der Waals surface area contributed by atoms with Crippen LogP contribution in [0.2, 0.25) is 0 Å². The van der Waals surface area contributed by atoms with Crippen molar-refractivity contribution in [3.63, 3.8) is 0 Å². The van der Waals surface area contributed by atoms with Crippen molar-refractivity contribution >= 4 is 11.8 Å². The van der Waals surface area contributed by atoms with Crippen molar-refractivity contribution in [2.45, 2.75) is 62.0 Å². The molecule has 0 saturated heterocycles. The van der Waals surface area contributed by atoms with Crippen LogP contribution in [-0.4, -0.2) is 26.8 Å². The van der Waals surface area contributed by atoms with Gasteiger partial charge in [-0.1, -0.05) is 18.7 Å². The highest BCUT2D eigenvalue weighted by Crippen LogP contribution is 2.29. The monoisotopic (exact) mass is 292 g/mol. The fourth-order valence-corrected chi connectivity index (χ4v) is 3.38. The fraction of sp³-hybridized carbons (Fsp3) is 0.643. The van der Waals surface area contributed by atoms with Crippen LogP contribution in [0.1, 0.15) is 38.8 Å². The topological polar surface area (TPSA) is 81.6 Å². The van der Waals surface area contributed by atoms with Crippen LogP contribution in [0.15, 0.2) is 16.0 Å². The lowest BCUT2D eigenvalue weighted by atomic mass is 9.98. The predicted molar refractivity (Wildman–Crippen MR) is 79.7 cm³/mol. The van der Waals surface area contributed by atoms with Crippen LogP contribution < -0.4 is 10.9 Å². The number of hydrogen-bond donors (Lipinski definition) is 2. The highest BCUT2D eigenvalue weighted by molar-refractivity contribution is 7.99. The van der Waals surface area contributed by atoms with Crippen molar-refractivity contribution in [1.82, 2.24) is 15.3 Å². The molecule has 1 saturated carbocycles. The standard InChI is InChI=1S/C14H20N4OS/c1-9-6-12(19)17-13(16-9)20-10(2)7-14(3,8-15)18-11-4-5-11/h6,10-11,18H,4-5,7H2,1-3H3,(H,16,17,19). The fourth-order valence-electron chi connectivity index (χ4n) is 2.23. The Hall–Kier alpha value is -1.32. The molecule has 1 aliphatic rings. The number of nitriles is 1. The second kappa shape index (κ2) is 5.98. The van der Waals surface area contributed by atoms with E-state index in [1.54, 1.807) is 6.92 Å². The number of aromatic nitrogens is 2. The molecule has 108 valence electrons. The maximum absolute atomic E-state index is 11.4. The molecule has 0 aliphatic heterocycles. The van der Waals surface area contributed by atoms with Gasteiger partial charge in [-0.15, -0.1) is 0 Å². The summed E-state index contributed by atoms with van der Waals surface area (Å²) < 4.78 is 0. The molecule has 1 aliphatic carbocycles. The molecule has 20 heavy (non-hydrogen) atoms. The van der Waals surface area contributed by atoms with E-state index in [9.17, 15) is 10.1 Å². The number of aryl methyl sites for hydroxylation is 1. The van der Waals surface area contributed by atoms with Crippen molar-refractivity contribution in [3.8, 4) is 6.07 Å². The Kier molecular flexibility index (Phi) is 4.51. The summed E-state index contributed by atoms with van der Waals surface area (Å²) in [5.74, 6) is 0. The number of hydrogen-bond acceptors (Lipinski definition) is 5. The molecule has 2 atom stereocenters. The minimum Gasteiger partial charge on any atom is -0.301 e. The number of thioether (sulfide) groups is 1. The number of aromatic amines is 1. The largest absolute Gasteiger partial charge is 0.301 e. The van der Waals surface area contributed by atoms with E-state index in [2.05, 4.69) is 28.3 Å². The summed E-state index contributed by atoms with van der Waals surface area (Å²) >= 11 is 1.50. The normalized spacial score (nSPS) is 19.1. The van der Waals surface area contributed by atoms with E-state index in [4.69, 9.17) is 0 Å². The van der Waals surface area contributed by atoms with Gasteiger partial charge in [0.1, 0.15) is 5.54 Å². The summed E-state index contributed by atoms with van der Waals surface area (Å²) in [7, 11) is 0. The molecule has 2 rings (SSSR count). The molecule has 0 radical (unpaired) electrons. The molecular weight excluding hydrogens is 272 g/mol. The molecule has 0 spiro atoms. The molecule has 5 nitrogen and oxygen atoms in total. The van der Waals surface area contributed by atoms with Crippen molar-refractivity contribution in [1.29, 1.82) is 5.26 Å². The van der Waals surface area contributed by atoms with Gasteiger partial charge in [-0.25, -0.2) is 4.98 Å². The van der Waals surface area contributed by atoms with Gasteiger partial charge >= 0.3 is 0 Å². The van der Waals surface area contributed by atoms with E-state index in [0.717, 1.165) is 12.8 Å². The van der Waals surface area contributed by atoms with Gasteiger partial charge < -0.3 is 4.98 Å². The maximum atomic E-state index is 11.4. The molecule has 0 aromatic carbocycles. The zero-order chi connectivity index (χ0) is 14.8. The van der Waals surface area contributed by atoms with Gasteiger partial charge in [-0.05, 0) is 33.1 Å². The first-order valence-electron chi connectivity index (χ1n) is 6.84. The summed E-state index contributed by atoms with van der Waals surface area (Å²) in [6.07, 6.45) is 3.03. The highest BCUT2D eigenvalue weighted by atomic mass is 32.2. The molecule has 1 aromatic heterocycles. The third kappa shape index (κ3) is 4.36. The number of nitrogens with one attached hydrogen (secondary N) is 2. The van der Waals surface area contributed by atoms with Gasteiger partial charge in [0.15, 0.2) is 5.16 Å². The Morgan fingerprint density at radius 2 is 2.40 bits per heavy atom. The molecule has 0 amide bonds. The average Bonchev–Trinajstić information content (AvgIpc) is 3.10. The third-order valence-corrected chi connectivity index (χ3v) is 4.19. The zero-order valence-corrected chi connectivity index (χ0v) is 12.9. The van der Waals surface area contributed by atoms with Crippen LogP contribution >= 0.6 is 11.8 Å². The van der Waals surface area contributed by atoms with Crippen molar-refractivity contribution in [2.75, 3.05) is 0 Å². The van der Waals surface area contributed by atoms with Crippen LogP contribution in [0.5, 0.6) is 0 Å². The van der Waals surface area contributed by atoms with Gasteiger partial charge in [0.05, 0.1) is 6.07 Å². The summed E-state index contributed by atoms with van der Waals surface area (Å²) in [6.45, 7) is 5.80. The Morgan fingerprint density at radius 1 is 1.70 bits per heavy atom. The van der Waals surface area contributed by atoms with Gasteiger partial charge in [-0.3, -0.25) is 10.1 Å². The van der Waals surface area contributed by atoms with Crippen LogP contribution in [0.4, 0.5) is 0 Å². The summed E-state index contributed by atoms with van der Waals surface area (Å²) in [5, 5.41) is 13.6. The van der Waals surface area contributed by atoms with Crippen LogP contribution in [0.25, 0.3) is 0 Å². The van der Waals surface area contributed by atoms with Gasteiger partial charge in [0.25, 0.3) is 5.56 Å². The molecule has 6 heteroatoms. The first kappa shape index (κ1) is 15.1. The predicted octanol–water partition coefficient (Wildman–Crippen LogP) is 1.98. The quantitative estimate of drug-likeness (QED) is 0.619. The number of rotatable bonds is 6. The Labute approximate surface area is 123 Å². The minimum absolute atomic E-state index is 0.133. The SMILES string of the molecule is Cc1cc(=O)[nH]c(SC(C)CC(C)(C#N)NC2CC2)n1. The second-order valence-corrected chi connectivity index (χ2v) is 7.11. The van der Waals surface area contributed by atoms with E-state index in [-0.39, 0.29) is 10.8 Å². The summed E-state index contributed by atoms with van der Waals surface area (Å²) in [5.41, 5.74) is 0.0616. The van der Waals surface area contributed by atoms with Gasteiger partial charge in [0.2, 0.25) is 0 Å². The smallest absolute Gasteiger partial charge is 0.251 e. The Bertz CT molecular complexity index is 575. The minimum atomic E-state index is -0.516. The summed E-state index contributed by atoms with van der Waals surface area (Å²) in [4.78, 5) is 18.5. The lowest BCUT2D eigenvalue weighted by Crippen LogP contribution is -2.44. The summed E-state index contributed by atoms with van der Waals surface area (Å²) in [6, 6.07) is 4.34. The number of H-pyrrole nitrogens is 1. The molecule has 1 aromatic rings. The second-order valence-electron chi connectivity index (χ2n) is 5.69. The van der Waals surface area contributed by atoms with Crippen molar-refractivity contribution in [3.05, 3.63) is 22.1 Å². The highest BCUT2D eigenvalue weighted by Gasteiger charge is 2.33. The van der Waals surface area contributed by atoms with Crippen LogP contribution in [-0.2, 0) is 0 Å². The molecule has 0 bridgehead atoms. The van der Waals surface area contributed by atoms with Crippen molar-refractivity contribution < 1.29 is 0 Å². The molecule has 1 heterocycles. The van der Waals surface area contributed by atoms with Crippen LogP contribution in [0, 0.1) is 18.3 Å². The van der Waals surface area contributed by atoms with E-state index in [1.165, 1.54) is 17.8 Å². The molecular formula is C14H20N4OS. The molecule has 2 unspecified atom stereocenters. The third-order valence-electron chi connectivity index (χ3n) is 3.20. The zero-order valence-electron chi connectivity index (χ0n) is 12.1. The molecule has 2 N–H and O–H groups in total.